The number of nitrogens with zero attached hydrogens (tertiary/aromatic N) is 1. The van der Waals surface area contributed by atoms with Crippen LogP contribution in [0, 0.1) is 0 Å². The van der Waals surface area contributed by atoms with Crippen LogP contribution in [-0.4, -0.2) is 53.1 Å². The van der Waals surface area contributed by atoms with E-state index in [1.165, 1.54) is 24.3 Å². The monoisotopic (exact) mass is 262 g/mol. The van der Waals surface area contributed by atoms with E-state index < -0.39 is 0 Å². The molecule has 1 fully saturated rings. The van der Waals surface area contributed by atoms with Gasteiger partial charge in [-0.2, -0.15) is 23.5 Å². The average molecular weight is 262 g/mol. The first-order valence-electron chi connectivity index (χ1n) is 6.09. The van der Waals surface area contributed by atoms with Crippen molar-refractivity contribution in [1.82, 2.24) is 4.90 Å². The molecule has 0 aromatic carbocycles. The van der Waals surface area contributed by atoms with Crippen LogP contribution in [0.2, 0.25) is 0 Å². The summed E-state index contributed by atoms with van der Waals surface area (Å²) in [6.45, 7) is 5.45. The first kappa shape index (κ1) is 14.7. The molecule has 16 heavy (non-hydrogen) atoms. The normalized spacial score (nSPS) is 32.2. The lowest BCUT2D eigenvalue weighted by atomic mass is 9.92. The van der Waals surface area contributed by atoms with Gasteiger partial charge in [0.05, 0.1) is 0 Å². The molecule has 4 heteroatoms. The lowest BCUT2D eigenvalue weighted by Crippen LogP contribution is -2.55. The fourth-order valence-electron chi connectivity index (χ4n) is 2.43. The zero-order valence-corrected chi connectivity index (χ0v) is 12.7. The van der Waals surface area contributed by atoms with Gasteiger partial charge in [-0.15, -0.1) is 0 Å². The van der Waals surface area contributed by atoms with E-state index in [9.17, 15) is 0 Å². The van der Waals surface area contributed by atoms with Crippen molar-refractivity contribution in [2.75, 3.05) is 31.4 Å². The summed E-state index contributed by atoms with van der Waals surface area (Å²) in [7, 11) is 2.26. The maximum atomic E-state index is 6.04. The number of thioether (sulfide) groups is 2. The second kappa shape index (κ2) is 6.53. The number of hydrogen-bond acceptors (Lipinski definition) is 4. The van der Waals surface area contributed by atoms with Crippen molar-refractivity contribution in [2.24, 2.45) is 5.73 Å². The molecule has 2 N–H and O–H groups in total. The van der Waals surface area contributed by atoms with Crippen LogP contribution in [0.5, 0.6) is 0 Å². The third-order valence-corrected chi connectivity index (χ3v) is 5.92. The van der Waals surface area contributed by atoms with Gasteiger partial charge in [-0.05, 0) is 38.8 Å². The molecule has 0 radical (unpaired) electrons. The number of hydrogen-bond donors (Lipinski definition) is 1. The van der Waals surface area contributed by atoms with Gasteiger partial charge in [-0.25, -0.2) is 0 Å². The third-order valence-electron chi connectivity index (χ3n) is 3.83. The Hall–Kier alpha value is 0.620. The maximum absolute atomic E-state index is 6.04. The smallest absolute Gasteiger partial charge is 0.0432 e. The van der Waals surface area contributed by atoms with Crippen LogP contribution in [0.3, 0.4) is 0 Å². The molecular weight excluding hydrogens is 236 g/mol. The van der Waals surface area contributed by atoms with Gasteiger partial charge >= 0.3 is 0 Å². The summed E-state index contributed by atoms with van der Waals surface area (Å²) in [5.41, 5.74) is 6.29. The second-order valence-electron chi connectivity index (χ2n) is 5.00. The summed E-state index contributed by atoms with van der Waals surface area (Å²) in [5.74, 6) is 2.44. The van der Waals surface area contributed by atoms with Gasteiger partial charge in [0.2, 0.25) is 0 Å². The molecule has 0 aromatic heterocycles. The highest BCUT2D eigenvalue weighted by atomic mass is 32.2. The molecule has 2 nitrogen and oxygen atoms in total. The Kier molecular flexibility index (Phi) is 5.99. The van der Waals surface area contributed by atoms with E-state index in [-0.39, 0.29) is 5.54 Å². The van der Waals surface area contributed by atoms with Crippen molar-refractivity contribution in [3.63, 3.8) is 0 Å². The van der Waals surface area contributed by atoms with Gasteiger partial charge in [0, 0.05) is 29.1 Å². The Bertz CT molecular complexity index is 213. The van der Waals surface area contributed by atoms with E-state index >= 15 is 0 Å². The van der Waals surface area contributed by atoms with Crippen LogP contribution in [-0.2, 0) is 0 Å². The summed E-state index contributed by atoms with van der Waals surface area (Å²) in [6.07, 6.45) is 4.69. The minimum atomic E-state index is 0.252. The highest BCUT2D eigenvalue weighted by Gasteiger charge is 2.41. The van der Waals surface area contributed by atoms with Crippen LogP contribution in [0.25, 0.3) is 0 Å². The summed E-state index contributed by atoms with van der Waals surface area (Å²) in [5, 5.41) is 0.763. The van der Waals surface area contributed by atoms with Crippen LogP contribution in [0.15, 0.2) is 0 Å². The highest BCUT2D eigenvalue weighted by molar-refractivity contribution is 8.00. The lowest BCUT2D eigenvalue weighted by Gasteiger charge is -2.41. The molecule has 1 aliphatic rings. The largest absolute Gasteiger partial charge is 0.329 e. The Balaban J connectivity index is 2.58. The van der Waals surface area contributed by atoms with Gasteiger partial charge in [0.25, 0.3) is 0 Å². The van der Waals surface area contributed by atoms with Crippen molar-refractivity contribution in [3.8, 4) is 0 Å². The highest BCUT2D eigenvalue weighted by Crippen LogP contribution is 2.38. The molecule has 1 heterocycles. The van der Waals surface area contributed by atoms with Crippen LogP contribution < -0.4 is 5.73 Å². The van der Waals surface area contributed by atoms with Gasteiger partial charge in [-0.3, -0.25) is 4.90 Å². The molecule has 1 aliphatic heterocycles. The Labute approximate surface area is 109 Å². The molecule has 0 aliphatic carbocycles. The standard InChI is InChI=1S/C12H26N2S2/c1-10(5-6-15-4)14(3)12(8-13)7-11(2)16-9-12/h10-11H,5-9,13H2,1-4H3. The summed E-state index contributed by atoms with van der Waals surface area (Å²) >= 11 is 4.01. The van der Waals surface area contributed by atoms with E-state index in [4.69, 9.17) is 5.73 Å². The molecule has 0 aromatic rings. The molecule has 0 saturated carbocycles. The lowest BCUT2D eigenvalue weighted by molar-refractivity contribution is 0.101. The van der Waals surface area contributed by atoms with E-state index in [0.717, 1.165) is 11.8 Å². The molecule has 1 saturated heterocycles. The number of rotatable bonds is 6. The third kappa shape index (κ3) is 3.31. The van der Waals surface area contributed by atoms with Gasteiger partial charge in [0.1, 0.15) is 0 Å². The fraction of sp³-hybridized carbons (Fsp3) is 1.00. The van der Waals surface area contributed by atoms with Crippen molar-refractivity contribution < 1.29 is 0 Å². The SMILES string of the molecule is CSCCC(C)N(C)C1(CN)CSC(C)C1. The van der Waals surface area contributed by atoms with Crippen molar-refractivity contribution in [1.29, 1.82) is 0 Å². The van der Waals surface area contributed by atoms with Gasteiger partial charge in [0.15, 0.2) is 0 Å². The second-order valence-corrected chi connectivity index (χ2v) is 7.41. The van der Waals surface area contributed by atoms with Crippen LogP contribution >= 0.6 is 23.5 Å². The molecule has 96 valence electrons. The molecule has 3 unspecified atom stereocenters. The Morgan fingerprint density at radius 1 is 1.62 bits per heavy atom. The minimum absolute atomic E-state index is 0.252. The quantitative estimate of drug-likeness (QED) is 0.795. The van der Waals surface area contributed by atoms with Crippen molar-refractivity contribution >= 4 is 23.5 Å². The summed E-state index contributed by atoms with van der Waals surface area (Å²) < 4.78 is 0. The molecule has 0 amide bonds. The first-order chi connectivity index (χ1) is 7.55. The number of nitrogens with two attached hydrogens (primary N) is 1. The van der Waals surface area contributed by atoms with E-state index in [1.54, 1.807) is 0 Å². The summed E-state index contributed by atoms with van der Waals surface area (Å²) in [4.78, 5) is 2.54. The summed E-state index contributed by atoms with van der Waals surface area (Å²) in [6, 6.07) is 0.641. The maximum Gasteiger partial charge on any atom is 0.0432 e. The van der Waals surface area contributed by atoms with E-state index in [0.29, 0.717) is 6.04 Å². The Morgan fingerprint density at radius 2 is 2.31 bits per heavy atom. The topological polar surface area (TPSA) is 29.3 Å². The van der Waals surface area contributed by atoms with Crippen LogP contribution in [0.1, 0.15) is 26.7 Å². The molecular formula is C12H26N2S2. The molecule has 1 rings (SSSR count). The molecule has 0 spiro atoms. The molecule has 3 atom stereocenters. The molecule has 0 bridgehead atoms. The zero-order valence-electron chi connectivity index (χ0n) is 11.0. The van der Waals surface area contributed by atoms with Gasteiger partial charge in [-0.1, -0.05) is 6.92 Å². The van der Waals surface area contributed by atoms with Crippen LogP contribution in [0.4, 0.5) is 0 Å². The predicted molar refractivity (Wildman–Crippen MR) is 78.5 cm³/mol. The predicted octanol–water partition coefficient (Wildman–Crippen LogP) is 2.28. The van der Waals surface area contributed by atoms with Gasteiger partial charge < -0.3 is 5.73 Å². The first-order valence-corrected chi connectivity index (χ1v) is 8.53. The van der Waals surface area contributed by atoms with E-state index in [1.807, 2.05) is 11.8 Å². The number of likely N-dealkylation sites (N-methyl/N-ethyl adjacent to an activating group) is 1. The van der Waals surface area contributed by atoms with E-state index in [2.05, 4.69) is 43.8 Å². The Morgan fingerprint density at radius 3 is 2.75 bits per heavy atom. The van der Waals surface area contributed by atoms with Crippen molar-refractivity contribution in [2.45, 2.75) is 43.5 Å². The average Bonchev–Trinajstić information content (AvgIpc) is 2.68. The minimum Gasteiger partial charge on any atom is -0.329 e. The fourth-order valence-corrected chi connectivity index (χ4v) is 4.47. The zero-order chi connectivity index (χ0) is 12.2. The van der Waals surface area contributed by atoms with Crippen molar-refractivity contribution in [3.05, 3.63) is 0 Å².